The molecule has 2 unspecified atom stereocenters. The molecule has 1 fully saturated rings. The van der Waals surface area contributed by atoms with Gasteiger partial charge in [0.15, 0.2) is 0 Å². The number of benzene rings is 1. The predicted octanol–water partition coefficient (Wildman–Crippen LogP) is 3.09. The van der Waals surface area contributed by atoms with Crippen LogP contribution in [-0.2, 0) is 14.8 Å². The van der Waals surface area contributed by atoms with Gasteiger partial charge in [-0.15, -0.1) is 11.3 Å². The third-order valence-electron chi connectivity index (χ3n) is 5.10. The molecule has 9 heteroatoms. The molecule has 3 rings (SSSR count). The number of amides is 2. The number of piperidine rings is 1. The monoisotopic (exact) mass is 449 g/mol. The first-order valence-corrected chi connectivity index (χ1v) is 12.2. The highest BCUT2D eigenvalue weighted by Crippen LogP contribution is 2.24. The zero-order chi connectivity index (χ0) is 21.9. The lowest BCUT2D eigenvalue weighted by atomic mass is 9.91. The van der Waals surface area contributed by atoms with Crippen LogP contribution in [0.3, 0.4) is 0 Å². The number of hydrogen-bond acceptors (Lipinski definition) is 5. The lowest BCUT2D eigenvalue weighted by molar-refractivity contribution is -0.115. The van der Waals surface area contributed by atoms with Crippen LogP contribution >= 0.6 is 11.3 Å². The Labute approximate surface area is 181 Å². The van der Waals surface area contributed by atoms with Gasteiger partial charge in [0.1, 0.15) is 4.21 Å². The fourth-order valence-corrected chi connectivity index (χ4v) is 5.76. The van der Waals surface area contributed by atoms with Gasteiger partial charge in [0.25, 0.3) is 15.9 Å². The van der Waals surface area contributed by atoms with Gasteiger partial charge < -0.3 is 10.2 Å². The Morgan fingerprint density at radius 2 is 1.87 bits per heavy atom. The molecule has 2 atom stereocenters. The smallest absolute Gasteiger partial charge is 0.253 e. The number of nitrogens with zero attached hydrogens (tertiary/aromatic N) is 1. The van der Waals surface area contributed by atoms with E-state index >= 15 is 0 Å². The molecule has 30 heavy (non-hydrogen) atoms. The maximum absolute atomic E-state index is 13.0. The van der Waals surface area contributed by atoms with E-state index in [0.717, 1.165) is 36.4 Å². The molecule has 7 nitrogen and oxygen atoms in total. The zero-order valence-corrected chi connectivity index (χ0v) is 19.0. The lowest BCUT2D eigenvalue weighted by Crippen LogP contribution is -2.42. The van der Waals surface area contributed by atoms with Crippen LogP contribution in [0.25, 0.3) is 0 Å². The Morgan fingerprint density at radius 1 is 1.17 bits per heavy atom. The molecule has 1 aromatic heterocycles. The van der Waals surface area contributed by atoms with Crippen LogP contribution in [0.15, 0.2) is 39.9 Å². The van der Waals surface area contributed by atoms with Gasteiger partial charge in [-0.25, -0.2) is 13.1 Å². The Bertz CT molecular complexity index is 1010. The van der Waals surface area contributed by atoms with E-state index in [1.165, 1.54) is 6.07 Å². The van der Waals surface area contributed by atoms with Crippen molar-refractivity contribution in [3.8, 4) is 0 Å². The number of anilines is 1. The normalized spacial score (nSPS) is 19.5. The summed E-state index contributed by atoms with van der Waals surface area (Å²) in [5, 5.41) is 4.37. The molecule has 2 amide bonds. The van der Waals surface area contributed by atoms with Crippen molar-refractivity contribution >= 4 is 38.9 Å². The third-order valence-corrected chi connectivity index (χ3v) is 7.90. The number of carbonyl (C=O) groups excluding carboxylic acids is 2. The first-order chi connectivity index (χ1) is 14.2. The van der Waals surface area contributed by atoms with Gasteiger partial charge in [-0.3, -0.25) is 9.59 Å². The Kier molecular flexibility index (Phi) is 6.95. The topological polar surface area (TPSA) is 95.6 Å². The summed E-state index contributed by atoms with van der Waals surface area (Å²) >= 11 is 1.08. The maximum atomic E-state index is 13.0. The zero-order valence-electron chi connectivity index (χ0n) is 17.3. The Morgan fingerprint density at radius 3 is 2.50 bits per heavy atom. The molecule has 2 aromatic rings. The van der Waals surface area contributed by atoms with Crippen molar-refractivity contribution in [3.05, 3.63) is 46.8 Å². The highest BCUT2D eigenvalue weighted by molar-refractivity contribution is 7.91. The SMILES string of the molecule is Cc1ccc(C(=O)N2CC(C)CC(C)C2)cc1NC(=O)CNS(=O)(=O)c1cccs1. The number of aryl methyl sites for hydroxylation is 1. The summed E-state index contributed by atoms with van der Waals surface area (Å²) in [5.41, 5.74) is 1.80. The second-order valence-electron chi connectivity index (χ2n) is 7.99. The number of nitrogens with one attached hydrogen (secondary N) is 2. The molecule has 1 aromatic carbocycles. The van der Waals surface area contributed by atoms with E-state index in [-0.39, 0.29) is 16.7 Å². The van der Waals surface area contributed by atoms with Crippen molar-refractivity contribution in [1.82, 2.24) is 9.62 Å². The van der Waals surface area contributed by atoms with Gasteiger partial charge in [0, 0.05) is 24.3 Å². The molecule has 2 heterocycles. The van der Waals surface area contributed by atoms with Crippen LogP contribution < -0.4 is 10.0 Å². The molecule has 0 bridgehead atoms. The largest absolute Gasteiger partial charge is 0.338 e. The van der Waals surface area contributed by atoms with Crippen LogP contribution in [0, 0.1) is 18.8 Å². The minimum absolute atomic E-state index is 0.0534. The fraction of sp³-hybridized carbons (Fsp3) is 0.429. The molecule has 0 spiro atoms. The second-order valence-corrected chi connectivity index (χ2v) is 10.9. The van der Waals surface area contributed by atoms with Crippen LogP contribution in [0.4, 0.5) is 5.69 Å². The van der Waals surface area contributed by atoms with E-state index in [2.05, 4.69) is 23.9 Å². The molecular weight excluding hydrogens is 422 g/mol. The Balaban J connectivity index is 1.66. The van der Waals surface area contributed by atoms with Gasteiger partial charge in [-0.2, -0.15) is 0 Å². The summed E-state index contributed by atoms with van der Waals surface area (Å²) in [6.45, 7) is 7.18. The van der Waals surface area contributed by atoms with Crippen LogP contribution in [-0.4, -0.2) is 44.8 Å². The maximum Gasteiger partial charge on any atom is 0.253 e. The van der Waals surface area contributed by atoms with Crippen LogP contribution in [0.2, 0.25) is 0 Å². The van der Waals surface area contributed by atoms with Crippen LogP contribution in [0.1, 0.15) is 36.2 Å². The van der Waals surface area contributed by atoms with E-state index in [9.17, 15) is 18.0 Å². The van der Waals surface area contributed by atoms with Gasteiger partial charge in [-0.05, 0) is 54.3 Å². The summed E-state index contributed by atoms with van der Waals surface area (Å²) in [4.78, 5) is 27.1. The van der Waals surface area contributed by atoms with E-state index in [1.807, 2.05) is 11.8 Å². The van der Waals surface area contributed by atoms with E-state index in [4.69, 9.17) is 0 Å². The van der Waals surface area contributed by atoms with Gasteiger partial charge in [-0.1, -0.05) is 26.0 Å². The number of likely N-dealkylation sites (tertiary alicyclic amines) is 1. The van der Waals surface area contributed by atoms with Crippen molar-refractivity contribution in [1.29, 1.82) is 0 Å². The molecule has 0 aliphatic carbocycles. The molecule has 0 radical (unpaired) electrons. The molecule has 162 valence electrons. The van der Waals surface area contributed by atoms with Crippen molar-refractivity contribution < 1.29 is 18.0 Å². The van der Waals surface area contributed by atoms with Gasteiger partial charge >= 0.3 is 0 Å². The average molecular weight is 450 g/mol. The highest BCUT2D eigenvalue weighted by Gasteiger charge is 2.26. The van der Waals surface area contributed by atoms with Crippen LogP contribution in [0.5, 0.6) is 0 Å². The van der Waals surface area contributed by atoms with E-state index < -0.39 is 15.9 Å². The average Bonchev–Trinajstić information content (AvgIpc) is 3.23. The van der Waals surface area contributed by atoms with Crippen molar-refractivity contribution in [2.45, 2.75) is 31.4 Å². The van der Waals surface area contributed by atoms with Crippen molar-refractivity contribution in [3.63, 3.8) is 0 Å². The molecule has 0 saturated carbocycles. The third kappa shape index (κ3) is 5.47. The van der Waals surface area contributed by atoms with Crippen molar-refractivity contribution in [2.24, 2.45) is 11.8 Å². The number of sulfonamides is 1. The summed E-state index contributed by atoms with van der Waals surface area (Å²) in [5.74, 6) is 0.364. The number of hydrogen-bond donors (Lipinski definition) is 2. The summed E-state index contributed by atoms with van der Waals surface area (Å²) in [6.07, 6.45) is 1.11. The highest BCUT2D eigenvalue weighted by atomic mass is 32.2. The quantitative estimate of drug-likeness (QED) is 0.708. The Hall–Kier alpha value is -2.23. The van der Waals surface area contributed by atoms with Gasteiger partial charge in [0.05, 0.1) is 6.54 Å². The summed E-state index contributed by atoms with van der Waals surface area (Å²) < 4.78 is 26.8. The minimum Gasteiger partial charge on any atom is -0.338 e. The molecule has 1 saturated heterocycles. The lowest BCUT2D eigenvalue weighted by Gasteiger charge is -2.35. The second kappa shape index (κ2) is 9.28. The molecule has 1 aliphatic heterocycles. The number of carbonyl (C=O) groups is 2. The fourth-order valence-electron chi connectivity index (χ4n) is 3.74. The minimum atomic E-state index is -3.71. The van der Waals surface area contributed by atoms with Gasteiger partial charge in [0.2, 0.25) is 5.91 Å². The molecular formula is C21H27N3O4S2. The molecule has 1 aliphatic rings. The summed E-state index contributed by atoms with van der Waals surface area (Å²) in [7, 11) is -3.71. The standard InChI is InChI=1S/C21H27N3O4S2/c1-14-9-15(2)13-24(12-14)21(26)17-7-6-16(3)18(10-17)23-19(25)11-22-30(27,28)20-5-4-8-29-20/h4-8,10,14-15,22H,9,11-13H2,1-3H3,(H,23,25). The first kappa shape index (κ1) is 22.5. The predicted molar refractivity (Wildman–Crippen MR) is 118 cm³/mol. The van der Waals surface area contributed by atoms with Crippen molar-refractivity contribution in [2.75, 3.05) is 25.0 Å². The first-order valence-electron chi connectivity index (χ1n) is 9.88. The number of thiophene rings is 1. The summed E-state index contributed by atoms with van der Waals surface area (Å²) in [6, 6.07) is 8.32. The molecule has 2 N–H and O–H groups in total. The van der Waals surface area contributed by atoms with E-state index in [1.54, 1.807) is 29.6 Å². The van der Waals surface area contributed by atoms with E-state index in [0.29, 0.717) is 23.1 Å². The number of rotatable bonds is 6.